The van der Waals surface area contributed by atoms with Gasteiger partial charge in [0.2, 0.25) is 0 Å². The number of halogens is 1. The van der Waals surface area contributed by atoms with Crippen LogP contribution in [0.25, 0.3) is 0 Å². The fourth-order valence-corrected chi connectivity index (χ4v) is 2.84. The zero-order chi connectivity index (χ0) is 13.3. The van der Waals surface area contributed by atoms with Crippen LogP contribution < -0.4 is 10.5 Å². The van der Waals surface area contributed by atoms with Gasteiger partial charge in [-0.2, -0.15) is 5.10 Å². The summed E-state index contributed by atoms with van der Waals surface area (Å²) in [6.07, 6.45) is 1.14. The molecule has 0 spiro atoms. The fraction of sp³-hybridized carbons (Fsp3) is 0.100. The van der Waals surface area contributed by atoms with E-state index in [1.165, 1.54) is 0 Å². The molecule has 0 aliphatic heterocycles. The third kappa shape index (κ3) is 2.41. The normalized spacial score (nSPS) is 11.4. The Morgan fingerprint density at radius 1 is 1.44 bits per heavy atom. The Morgan fingerprint density at radius 3 is 2.72 bits per heavy atom. The van der Waals surface area contributed by atoms with Crippen LogP contribution in [-0.4, -0.2) is 18.6 Å². The minimum Gasteiger partial charge on any atom is -0.383 e. The van der Waals surface area contributed by atoms with Crippen LogP contribution in [0, 0.1) is 6.92 Å². The first kappa shape index (κ1) is 12.7. The SMILES string of the molecule is Cc1ccc(NS(=O)(=O)c2cn[nH]c2N)c(Cl)c1. The lowest BCUT2D eigenvalue weighted by atomic mass is 10.2. The van der Waals surface area contributed by atoms with E-state index in [9.17, 15) is 8.42 Å². The van der Waals surface area contributed by atoms with Gasteiger partial charge in [0.05, 0.1) is 16.9 Å². The Labute approximate surface area is 109 Å². The molecule has 96 valence electrons. The third-order valence-electron chi connectivity index (χ3n) is 2.29. The van der Waals surface area contributed by atoms with Crippen molar-refractivity contribution in [2.45, 2.75) is 11.8 Å². The molecule has 18 heavy (non-hydrogen) atoms. The van der Waals surface area contributed by atoms with Gasteiger partial charge in [-0.05, 0) is 24.6 Å². The van der Waals surface area contributed by atoms with Crippen LogP contribution in [0.2, 0.25) is 5.02 Å². The first-order valence-corrected chi connectivity index (χ1v) is 6.84. The van der Waals surface area contributed by atoms with Gasteiger partial charge < -0.3 is 5.73 Å². The van der Waals surface area contributed by atoms with Crippen molar-refractivity contribution in [1.82, 2.24) is 10.2 Å². The van der Waals surface area contributed by atoms with Crippen molar-refractivity contribution >= 4 is 33.1 Å². The maximum absolute atomic E-state index is 12.0. The molecule has 4 N–H and O–H groups in total. The van der Waals surface area contributed by atoms with E-state index in [2.05, 4.69) is 14.9 Å². The van der Waals surface area contributed by atoms with Gasteiger partial charge in [-0.25, -0.2) is 8.42 Å². The smallest absolute Gasteiger partial charge is 0.267 e. The van der Waals surface area contributed by atoms with Crippen LogP contribution in [0.5, 0.6) is 0 Å². The third-order valence-corrected chi connectivity index (χ3v) is 4.00. The minimum atomic E-state index is -3.79. The monoisotopic (exact) mass is 286 g/mol. The van der Waals surface area contributed by atoms with Crippen molar-refractivity contribution in [3.63, 3.8) is 0 Å². The number of nitrogens with two attached hydrogens (primary N) is 1. The van der Waals surface area contributed by atoms with Gasteiger partial charge in [0.1, 0.15) is 10.7 Å². The number of H-pyrrole nitrogens is 1. The topological polar surface area (TPSA) is 101 Å². The molecule has 0 fully saturated rings. The van der Waals surface area contributed by atoms with Crippen LogP contribution in [0.3, 0.4) is 0 Å². The molecule has 0 saturated carbocycles. The Morgan fingerprint density at radius 2 is 2.17 bits per heavy atom. The van der Waals surface area contributed by atoms with Crippen LogP contribution in [0.1, 0.15) is 5.56 Å². The molecule has 1 aromatic carbocycles. The average Bonchev–Trinajstić information content (AvgIpc) is 2.69. The molecule has 8 heteroatoms. The number of rotatable bonds is 3. The van der Waals surface area contributed by atoms with Crippen LogP contribution >= 0.6 is 11.6 Å². The van der Waals surface area contributed by atoms with E-state index in [4.69, 9.17) is 17.3 Å². The van der Waals surface area contributed by atoms with Gasteiger partial charge in [-0.1, -0.05) is 17.7 Å². The maximum atomic E-state index is 12.0. The summed E-state index contributed by atoms with van der Waals surface area (Å²) in [4.78, 5) is -0.112. The molecule has 0 atom stereocenters. The van der Waals surface area contributed by atoms with E-state index in [1.807, 2.05) is 6.92 Å². The number of nitrogens with one attached hydrogen (secondary N) is 2. The van der Waals surface area contributed by atoms with Crippen molar-refractivity contribution in [2.75, 3.05) is 10.5 Å². The van der Waals surface area contributed by atoms with E-state index in [-0.39, 0.29) is 10.7 Å². The zero-order valence-electron chi connectivity index (χ0n) is 9.44. The summed E-state index contributed by atoms with van der Waals surface area (Å²) in [6.45, 7) is 1.86. The predicted molar refractivity (Wildman–Crippen MR) is 70.0 cm³/mol. The number of hydrogen-bond donors (Lipinski definition) is 3. The van der Waals surface area contributed by atoms with E-state index >= 15 is 0 Å². The van der Waals surface area contributed by atoms with Crippen LogP contribution in [-0.2, 0) is 10.0 Å². The number of aryl methyl sites for hydroxylation is 1. The fourth-order valence-electron chi connectivity index (χ4n) is 1.40. The summed E-state index contributed by atoms with van der Waals surface area (Å²) in [5.41, 5.74) is 6.70. The molecule has 1 aromatic heterocycles. The Kier molecular flexibility index (Phi) is 3.18. The Bertz CT molecular complexity index is 681. The highest BCUT2D eigenvalue weighted by molar-refractivity contribution is 7.92. The van der Waals surface area contributed by atoms with Crippen LogP contribution in [0.15, 0.2) is 29.3 Å². The van der Waals surface area contributed by atoms with Gasteiger partial charge in [0.15, 0.2) is 0 Å². The molecule has 0 bridgehead atoms. The summed E-state index contributed by atoms with van der Waals surface area (Å²) >= 11 is 5.96. The molecule has 1 heterocycles. The van der Waals surface area contributed by atoms with Gasteiger partial charge >= 0.3 is 0 Å². The molecule has 0 saturated heterocycles. The molecular formula is C10H11ClN4O2S. The Hall–Kier alpha value is -1.73. The molecule has 0 aliphatic rings. The Balaban J connectivity index is 2.37. The van der Waals surface area contributed by atoms with E-state index in [1.54, 1.807) is 18.2 Å². The first-order valence-electron chi connectivity index (χ1n) is 4.98. The molecule has 0 unspecified atom stereocenters. The predicted octanol–water partition coefficient (Wildman–Crippen LogP) is 1.75. The second kappa shape index (κ2) is 4.51. The van der Waals surface area contributed by atoms with Gasteiger partial charge in [0, 0.05) is 0 Å². The number of benzene rings is 1. The van der Waals surface area contributed by atoms with Gasteiger partial charge in [-0.3, -0.25) is 9.82 Å². The molecular weight excluding hydrogens is 276 g/mol. The van der Waals surface area contributed by atoms with Crippen molar-refractivity contribution in [3.05, 3.63) is 35.0 Å². The largest absolute Gasteiger partial charge is 0.383 e. The highest BCUT2D eigenvalue weighted by Crippen LogP contribution is 2.26. The van der Waals surface area contributed by atoms with Crippen molar-refractivity contribution in [3.8, 4) is 0 Å². The highest BCUT2D eigenvalue weighted by Gasteiger charge is 2.20. The lowest BCUT2D eigenvalue weighted by Crippen LogP contribution is -2.14. The van der Waals surface area contributed by atoms with Gasteiger partial charge in [0.25, 0.3) is 10.0 Å². The minimum absolute atomic E-state index is 0.0225. The number of hydrogen-bond acceptors (Lipinski definition) is 4. The number of nitrogen functional groups attached to an aromatic ring is 1. The molecule has 0 radical (unpaired) electrons. The zero-order valence-corrected chi connectivity index (χ0v) is 11.0. The van der Waals surface area contributed by atoms with E-state index < -0.39 is 10.0 Å². The van der Waals surface area contributed by atoms with E-state index in [0.717, 1.165) is 11.8 Å². The number of aromatic amines is 1. The summed E-state index contributed by atoms with van der Waals surface area (Å²) in [7, 11) is -3.79. The summed E-state index contributed by atoms with van der Waals surface area (Å²) < 4.78 is 26.4. The number of sulfonamides is 1. The highest BCUT2D eigenvalue weighted by atomic mass is 35.5. The standard InChI is InChI=1S/C10H11ClN4O2S/c1-6-2-3-8(7(11)4-6)15-18(16,17)9-5-13-14-10(9)12/h2-5,15H,1H3,(H3,12,13,14). The van der Waals surface area contributed by atoms with E-state index in [0.29, 0.717) is 10.7 Å². The lowest BCUT2D eigenvalue weighted by Gasteiger charge is -2.09. The molecule has 0 aliphatic carbocycles. The van der Waals surface area contributed by atoms with Crippen LogP contribution in [0.4, 0.5) is 11.5 Å². The van der Waals surface area contributed by atoms with Crippen molar-refractivity contribution in [2.24, 2.45) is 0 Å². The number of anilines is 2. The molecule has 2 aromatic rings. The summed E-state index contributed by atoms with van der Waals surface area (Å²) in [6, 6.07) is 5.01. The van der Waals surface area contributed by atoms with Crippen molar-refractivity contribution in [1.29, 1.82) is 0 Å². The first-order chi connectivity index (χ1) is 8.40. The maximum Gasteiger partial charge on any atom is 0.267 e. The van der Waals surface area contributed by atoms with Gasteiger partial charge in [-0.15, -0.1) is 0 Å². The quantitative estimate of drug-likeness (QED) is 0.800. The average molecular weight is 287 g/mol. The summed E-state index contributed by atoms with van der Waals surface area (Å²) in [5.74, 6) is -0.0225. The molecule has 0 amide bonds. The number of nitrogens with zero attached hydrogens (tertiary/aromatic N) is 1. The second-order valence-electron chi connectivity index (χ2n) is 3.74. The second-order valence-corrected chi connectivity index (χ2v) is 5.79. The summed E-state index contributed by atoms with van der Waals surface area (Å²) in [5, 5.41) is 6.24. The van der Waals surface area contributed by atoms with Crippen molar-refractivity contribution < 1.29 is 8.42 Å². The molecule has 2 rings (SSSR count). The molecule has 6 nitrogen and oxygen atoms in total. The number of aromatic nitrogens is 2. The lowest BCUT2D eigenvalue weighted by molar-refractivity contribution is 0.601.